The lowest BCUT2D eigenvalue weighted by atomic mass is 10.1. The Bertz CT molecular complexity index is 438. The van der Waals surface area contributed by atoms with Gasteiger partial charge in [-0.05, 0) is 37.4 Å². The molecule has 0 bridgehead atoms. The highest BCUT2D eigenvalue weighted by Gasteiger charge is 2.22. The van der Waals surface area contributed by atoms with Crippen LogP contribution in [0.25, 0.3) is 0 Å². The number of aryl methyl sites for hydroxylation is 1. The van der Waals surface area contributed by atoms with Crippen molar-refractivity contribution >= 4 is 17.3 Å². The number of benzene rings is 1. The molecule has 1 heterocycles. The van der Waals surface area contributed by atoms with Crippen LogP contribution in [-0.2, 0) is 4.79 Å². The van der Waals surface area contributed by atoms with Crippen molar-refractivity contribution in [3.05, 3.63) is 23.8 Å². The molecule has 1 amide bonds. The summed E-state index contributed by atoms with van der Waals surface area (Å²) >= 11 is 0. The van der Waals surface area contributed by atoms with Crippen LogP contribution in [0.2, 0.25) is 0 Å². The van der Waals surface area contributed by atoms with Crippen molar-refractivity contribution in [1.82, 2.24) is 4.90 Å². The van der Waals surface area contributed by atoms with Gasteiger partial charge in [0.15, 0.2) is 0 Å². The minimum Gasteiger partial charge on any atom is -0.397 e. The topological polar surface area (TPSA) is 58.4 Å². The van der Waals surface area contributed by atoms with Crippen molar-refractivity contribution in [1.29, 1.82) is 0 Å². The van der Waals surface area contributed by atoms with Crippen LogP contribution in [0.1, 0.15) is 25.3 Å². The number of nitrogens with two attached hydrogens (primary N) is 1. The number of amides is 1. The fourth-order valence-corrected chi connectivity index (χ4v) is 2.63. The third kappa shape index (κ3) is 3.47. The molecule has 1 fully saturated rings. The Labute approximate surface area is 115 Å². The zero-order valence-corrected chi connectivity index (χ0v) is 11.8. The van der Waals surface area contributed by atoms with Gasteiger partial charge in [0.2, 0.25) is 5.91 Å². The van der Waals surface area contributed by atoms with Crippen molar-refractivity contribution < 1.29 is 4.79 Å². The van der Waals surface area contributed by atoms with Gasteiger partial charge in [0.25, 0.3) is 0 Å². The zero-order valence-electron chi connectivity index (χ0n) is 11.8. The molecule has 1 aliphatic heterocycles. The minimum absolute atomic E-state index is 0.0257. The second kappa shape index (κ2) is 6.06. The zero-order chi connectivity index (χ0) is 13.8. The number of anilines is 2. The molecular weight excluding hydrogens is 238 g/mol. The van der Waals surface area contributed by atoms with Crippen molar-refractivity contribution in [3.8, 4) is 0 Å². The van der Waals surface area contributed by atoms with Gasteiger partial charge >= 0.3 is 0 Å². The Morgan fingerprint density at radius 3 is 2.95 bits per heavy atom. The number of hydrogen-bond acceptors (Lipinski definition) is 3. The van der Waals surface area contributed by atoms with Gasteiger partial charge in [-0.2, -0.15) is 0 Å². The van der Waals surface area contributed by atoms with Crippen LogP contribution in [0.3, 0.4) is 0 Å². The van der Waals surface area contributed by atoms with Crippen molar-refractivity contribution in [2.24, 2.45) is 5.92 Å². The van der Waals surface area contributed by atoms with Crippen LogP contribution in [0.5, 0.6) is 0 Å². The molecule has 0 aliphatic carbocycles. The van der Waals surface area contributed by atoms with Gasteiger partial charge in [0.1, 0.15) is 0 Å². The number of nitrogen functional groups attached to an aromatic ring is 1. The number of carbonyl (C=O) groups excluding carboxylic acids is 1. The van der Waals surface area contributed by atoms with Crippen LogP contribution in [0.15, 0.2) is 18.2 Å². The molecule has 1 atom stereocenters. The Morgan fingerprint density at radius 2 is 2.32 bits per heavy atom. The Morgan fingerprint density at radius 1 is 1.53 bits per heavy atom. The molecule has 3 N–H and O–H groups in total. The second-order valence-electron chi connectivity index (χ2n) is 5.39. The lowest BCUT2D eigenvalue weighted by Crippen LogP contribution is -2.32. The maximum absolute atomic E-state index is 12.1. The quantitative estimate of drug-likeness (QED) is 0.817. The third-order valence-electron chi connectivity index (χ3n) is 3.88. The van der Waals surface area contributed by atoms with Crippen molar-refractivity contribution in [3.63, 3.8) is 0 Å². The van der Waals surface area contributed by atoms with Crippen LogP contribution in [0.4, 0.5) is 11.4 Å². The smallest absolute Gasteiger partial charge is 0.238 e. The summed E-state index contributed by atoms with van der Waals surface area (Å²) in [5.41, 5.74) is 8.27. The van der Waals surface area contributed by atoms with Gasteiger partial charge in [-0.3, -0.25) is 9.69 Å². The van der Waals surface area contributed by atoms with Gasteiger partial charge in [-0.25, -0.2) is 0 Å². The first-order chi connectivity index (χ1) is 9.10. The molecule has 2 rings (SSSR count). The highest BCUT2D eigenvalue weighted by Crippen LogP contribution is 2.23. The number of nitrogens with one attached hydrogen (secondary N) is 1. The molecule has 1 saturated heterocycles. The lowest BCUT2D eigenvalue weighted by molar-refractivity contribution is -0.117. The van der Waals surface area contributed by atoms with Gasteiger partial charge in [-0.15, -0.1) is 0 Å². The van der Waals surface area contributed by atoms with Crippen molar-refractivity contribution in [2.45, 2.75) is 26.7 Å². The molecule has 1 unspecified atom stereocenters. The predicted octanol–water partition coefficient (Wildman–Crippen LogP) is 2.25. The maximum atomic E-state index is 12.1. The van der Waals surface area contributed by atoms with E-state index in [1.54, 1.807) is 0 Å². The minimum atomic E-state index is 0.0257. The number of carbonyl (C=O) groups is 1. The van der Waals surface area contributed by atoms with E-state index in [0.717, 1.165) is 30.3 Å². The second-order valence-corrected chi connectivity index (χ2v) is 5.39. The average Bonchev–Trinajstić information content (AvgIpc) is 2.81. The van der Waals surface area contributed by atoms with E-state index in [9.17, 15) is 4.79 Å². The van der Waals surface area contributed by atoms with E-state index in [1.807, 2.05) is 25.1 Å². The summed E-state index contributed by atoms with van der Waals surface area (Å²) in [6.45, 7) is 6.68. The fourth-order valence-electron chi connectivity index (χ4n) is 2.63. The molecule has 0 spiro atoms. The fraction of sp³-hybridized carbons (Fsp3) is 0.533. The summed E-state index contributed by atoms with van der Waals surface area (Å²) in [7, 11) is 0. The van der Waals surface area contributed by atoms with E-state index in [2.05, 4.69) is 17.1 Å². The number of para-hydroxylation sites is 1. The highest BCUT2D eigenvalue weighted by atomic mass is 16.2. The number of likely N-dealkylation sites (tertiary alicyclic amines) is 1. The van der Waals surface area contributed by atoms with Crippen molar-refractivity contribution in [2.75, 3.05) is 30.7 Å². The molecule has 104 valence electrons. The summed E-state index contributed by atoms with van der Waals surface area (Å²) < 4.78 is 0. The first kappa shape index (κ1) is 13.9. The first-order valence-electron chi connectivity index (χ1n) is 6.97. The van der Waals surface area contributed by atoms with E-state index >= 15 is 0 Å². The summed E-state index contributed by atoms with van der Waals surface area (Å²) in [5, 5.41) is 2.93. The molecule has 0 radical (unpaired) electrons. The molecule has 4 nitrogen and oxygen atoms in total. The summed E-state index contributed by atoms with van der Waals surface area (Å²) in [6.07, 6.45) is 2.40. The summed E-state index contributed by atoms with van der Waals surface area (Å²) in [4.78, 5) is 14.3. The van der Waals surface area contributed by atoms with E-state index in [0.29, 0.717) is 12.2 Å². The number of rotatable bonds is 4. The molecule has 1 aliphatic rings. The lowest BCUT2D eigenvalue weighted by Gasteiger charge is -2.16. The molecule has 1 aromatic rings. The Balaban J connectivity index is 1.91. The highest BCUT2D eigenvalue weighted by molar-refractivity contribution is 5.96. The van der Waals surface area contributed by atoms with Crippen LogP contribution >= 0.6 is 0 Å². The standard InChI is InChI=1S/C15H23N3O/c1-3-12-7-8-18(9-12)10-14(19)17-15-11(2)5-4-6-13(15)16/h4-6,12H,3,7-10,16H2,1-2H3,(H,17,19). The van der Waals surface area contributed by atoms with Crippen LogP contribution < -0.4 is 11.1 Å². The van der Waals surface area contributed by atoms with Gasteiger partial charge in [0.05, 0.1) is 17.9 Å². The number of nitrogens with zero attached hydrogens (tertiary/aromatic N) is 1. The van der Waals surface area contributed by atoms with Gasteiger partial charge in [0, 0.05) is 6.54 Å². The van der Waals surface area contributed by atoms with E-state index in [4.69, 9.17) is 5.73 Å². The monoisotopic (exact) mass is 261 g/mol. The first-order valence-corrected chi connectivity index (χ1v) is 6.97. The van der Waals surface area contributed by atoms with Gasteiger partial charge < -0.3 is 11.1 Å². The maximum Gasteiger partial charge on any atom is 0.238 e. The number of hydrogen-bond donors (Lipinski definition) is 2. The van der Waals surface area contributed by atoms with Gasteiger partial charge in [-0.1, -0.05) is 25.5 Å². The van der Waals surface area contributed by atoms with Crippen LogP contribution in [0, 0.1) is 12.8 Å². The Kier molecular flexibility index (Phi) is 4.43. The average molecular weight is 261 g/mol. The third-order valence-corrected chi connectivity index (χ3v) is 3.88. The van der Waals surface area contributed by atoms with E-state index in [1.165, 1.54) is 12.8 Å². The predicted molar refractivity (Wildman–Crippen MR) is 79.1 cm³/mol. The molecule has 1 aromatic carbocycles. The molecular formula is C15H23N3O. The SMILES string of the molecule is CCC1CCN(CC(=O)Nc2c(C)cccc2N)C1. The molecule has 0 saturated carbocycles. The normalized spacial score (nSPS) is 19.6. The van der Waals surface area contributed by atoms with E-state index in [-0.39, 0.29) is 5.91 Å². The largest absolute Gasteiger partial charge is 0.397 e. The molecule has 19 heavy (non-hydrogen) atoms. The summed E-state index contributed by atoms with van der Waals surface area (Å²) in [5.74, 6) is 0.772. The van der Waals surface area contributed by atoms with E-state index < -0.39 is 0 Å². The summed E-state index contributed by atoms with van der Waals surface area (Å²) in [6, 6.07) is 5.66. The molecule has 0 aromatic heterocycles. The van der Waals surface area contributed by atoms with Crippen LogP contribution in [-0.4, -0.2) is 30.4 Å². The molecule has 4 heteroatoms. The Hall–Kier alpha value is -1.55.